The predicted molar refractivity (Wildman–Crippen MR) is 72.9 cm³/mol. The molecule has 1 aromatic carbocycles. The Morgan fingerprint density at radius 2 is 1.84 bits per heavy atom. The minimum atomic E-state index is -0.424. The number of halogens is 1. The van der Waals surface area contributed by atoms with E-state index in [-0.39, 0.29) is 29.7 Å². The number of hydrogen-bond donors (Lipinski definition) is 1. The zero-order valence-electron chi connectivity index (χ0n) is 10.7. The maximum Gasteiger partial charge on any atom is 0.262 e. The maximum absolute atomic E-state index is 12.1. The van der Waals surface area contributed by atoms with Crippen LogP contribution < -0.4 is 0 Å². The van der Waals surface area contributed by atoms with E-state index in [0.717, 1.165) is 0 Å². The summed E-state index contributed by atoms with van der Waals surface area (Å²) in [5.41, 5.74) is 0.266. The average Bonchev–Trinajstić information content (AvgIpc) is 2.65. The smallest absolute Gasteiger partial charge is 0.262 e. The molecule has 0 unspecified atom stereocenters. The van der Waals surface area contributed by atoms with E-state index in [4.69, 9.17) is 11.6 Å². The molecule has 1 aliphatic rings. The summed E-state index contributed by atoms with van der Waals surface area (Å²) in [6, 6.07) is 6.26. The van der Waals surface area contributed by atoms with Crippen molar-refractivity contribution in [3.8, 4) is 0 Å². The molecule has 4 nitrogen and oxygen atoms in total. The van der Waals surface area contributed by atoms with Gasteiger partial charge >= 0.3 is 0 Å². The number of rotatable bonds is 2. The Balaban J connectivity index is 2.44. The van der Waals surface area contributed by atoms with Crippen LogP contribution in [-0.2, 0) is 9.59 Å². The van der Waals surface area contributed by atoms with Gasteiger partial charge in [0.2, 0.25) is 0 Å². The second kappa shape index (κ2) is 5.05. The lowest BCUT2D eigenvalue weighted by Gasteiger charge is -2.18. The van der Waals surface area contributed by atoms with Crippen LogP contribution in [0.4, 0.5) is 0 Å². The Morgan fingerprint density at radius 3 is 2.32 bits per heavy atom. The van der Waals surface area contributed by atoms with Crippen molar-refractivity contribution in [2.75, 3.05) is 6.54 Å². The van der Waals surface area contributed by atoms with E-state index in [0.29, 0.717) is 10.6 Å². The number of likely N-dealkylation sites (tertiary alicyclic amines) is 1. The summed E-state index contributed by atoms with van der Waals surface area (Å²) >= 11 is 5.76. The van der Waals surface area contributed by atoms with Crippen LogP contribution in [0.25, 0.3) is 5.76 Å². The normalized spacial score (nSPS) is 18.4. The number of aliphatic hydroxyl groups is 1. The summed E-state index contributed by atoms with van der Waals surface area (Å²) < 4.78 is 0. The molecule has 1 N–H and O–H groups in total. The summed E-state index contributed by atoms with van der Waals surface area (Å²) in [7, 11) is 0. The molecule has 1 fully saturated rings. The highest BCUT2D eigenvalue weighted by Crippen LogP contribution is 2.25. The Morgan fingerprint density at radius 1 is 1.26 bits per heavy atom. The van der Waals surface area contributed by atoms with Crippen molar-refractivity contribution in [1.29, 1.82) is 0 Å². The SMILES string of the molecule is CC(C)N1CC(=O)/C(=C(/O)c2ccc(Cl)cc2)C1=O. The van der Waals surface area contributed by atoms with Gasteiger partial charge in [0.1, 0.15) is 11.3 Å². The van der Waals surface area contributed by atoms with Gasteiger partial charge in [-0.1, -0.05) is 11.6 Å². The highest BCUT2D eigenvalue weighted by atomic mass is 35.5. The lowest BCUT2D eigenvalue weighted by molar-refractivity contribution is -0.126. The Bertz CT molecular complexity index is 561. The van der Waals surface area contributed by atoms with Gasteiger partial charge in [-0.15, -0.1) is 0 Å². The van der Waals surface area contributed by atoms with Gasteiger partial charge in [0.05, 0.1) is 6.54 Å². The standard InChI is InChI=1S/C14H14ClNO3/c1-8(2)16-7-11(17)12(14(16)19)13(18)9-3-5-10(15)6-4-9/h3-6,8,18H,7H2,1-2H3/b13-12-. The second-order valence-corrected chi connectivity index (χ2v) is 5.12. The van der Waals surface area contributed by atoms with Crippen molar-refractivity contribution in [3.63, 3.8) is 0 Å². The molecule has 1 aromatic rings. The third kappa shape index (κ3) is 2.49. The molecule has 0 aliphatic carbocycles. The van der Waals surface area contributed by atoms with E-state index in [9.17, 15) is 14.7 Å². The first-order valence-corrected chi connectivity index (χ1v) is 6.33. The Hall–Kier alpha value is -1.81. The molecule has 0 atom stereocenters. The van der Waals surface area contributed by atoms with Gasteiger partial charge in [-0.3, -0.25) is 9.59 Å². The number of benzene rings is 1. The largest absolute Gasteiger partial charge is 0.506 e. The third-order valence-corrected chi connectivity index (χ3v) is 3.30. The fourth-order valence-electron chi connectivity index (χ4n) is 1.97. The van der Waals surface area contributed by atoms with Gasteiger partial charge in [0.25, 0.3) is 5.91 Å². The number of nitrogens with zero attached hydrogens (tertiary/aromatic N) is 1. The van der Waals surface area contributed by atoms with Crippen LogP contribution in [-0.4, -0.2) is 34.3 Å². The van der Waals surface area contributed by atoms with Crippen molar-refractivity contribution in [1.82, 2.24) is 4.90 Å². The molecule has 0 radical (unpaired) electrons. The van der Waals surface area contributed by atoms with Crippen molar-refractivity contribution in [3.05, 3.63) is 40.4 Å². The predicted octanol–water partition coefficient (Wildman–Crippen LogP) is 2.43. The van der Waals surface area contributed by atoms with Crippen LogP contribution >= 0.6 is 11.6 Å². The molecular weight excluding hydrogens is 266 g/mol. The molecule has 1 aliphatic heterocycles. The summed E-state index contributed by atoms with van der Waals surface area (Å²) in [5, 5.41) is 10.6. The highest BCUT2D eigenvalue weighted by Gasteiger charge is 2.37. The van der Waals surface area contributed by atoms with Crippen LogP contribution in [0.2, 0.25) is 5.02 Å². The van der Waals surface area contributed by atoms with E-state index >= 15 is 0 Å². The van der Waals surface area contributed by atoms with Crippen molar-refractivity contribution in [2.24, 2.45) is 0 Å². The van der Waals surface area contributed by atoms with Crippen LogP contribution in [0, 0.1) is 0 Å². The number of aliphatic hydroxyl groups excluding tert-OH is 1. The number of Topliss-reactive ketones (excluding diaryl/α,β-unsaturated/α-hetero) is 1. The zero-order valence-corrected chi connectivity index (χ0v) is 11.4. The average molecular weight is 280 g/mol. The molecule has 1 amide bonds. The van der Waals surface area contributed by atoms with E-state index in [1.54, 1.807) is 24.3 Å². The Kier molecular flexibility index (Phi) is 3.62. The van der Waals surface area contributed by atoms with E-state index in [2.05, 4.69) is 0 Å². The van der Waals surface area contributed by atoms with Crippen LogP contribution in [0.3, 0.4) is 0 Å². The van der Waals surface area contributed by atoms with Gasteiger partial charge in [0.15, 0.2) is 5.78 Å². The highest BCUT2D eigenvalue weighted by molar-refractivity contribution is 6.31. The number of ketones is 1. The molecule has 1 saturated heterocycles. The fraction of sp³-hybridized carbons (Fsp3) is 0.286. The molecule has 0 spiro atoms. The van der Waals surface area contributed by atoms with Crippen LogP contribution in [0.15, 0.2) is 29.8 Å². The van der Waals surface area contributed by atoms with Crippen molar-refractivity contribution in [2.45, 2.75) is 19.9 Å². The van der Waals surface area contributed by atoms with Gasteiger partial charge < -0.3 is 10.0 Å². The first-order chi connectivity index (χ1) is 8.91. The lowest BCUT2D eigenvalue weighted by atomic mass is 10.1. The molecule has 19 heavy (non-hydrogen) atoms. The number of carbonyl (C=O) groups is 2. The number of hydrogen-bond acceptors (Lipinski definition) is 3. The van der Waals surface area contributed by atoms with Crippen molar-refractivity contribution >= 4 is 29.1 Å². The monoisotopic (exact) mass is 279 g/mol. The zero-order chi connectivity index (χ0) is 14.2. The quantitative estimate of drug-likeness (QED) is 0.514. The van der Waals surface area contributed by atoms with Crippen LogP contribution in [0.5, 0.6) is 0 Å². The fourth-order valence-corrected chi connectivity index (χ4v) is 2.10. The Labute approximate surface area is 116 Å². The van der Waals surface area contributed by atoms with Crippen molar-refractivity contribution < 1.29 is 14.7 Å². The summed E-state index contributed by atoms with van der Waals surface area (Å²) in [5.74, 6) is -1.06. The molecule has 1 heterocycles. The van der Waals surface area contributed by atoms with Gasteiger partial charge in [0, 0.05) is 16.6 Å². The van der Waals surface area contributed by atoms with Crippen LogP contribution in [0.1, 0.15) is 19.4 Å². The van der Waals surface area contributed by atoms with Gasteiger partial charge in [-0.2, -0.15) is 0 Å². The first kappa shape index (κ1) is 13.6. The summed E-state index contributed by atoms with van der Waals surface area (Å²) in [4.78, 5) is 25.4. The van der Waals surface area contributed by atoms with E-state index in [1.165, 1.54) is 4.90 Å². The molecule has 0 bridgehead atoms. The molecule has 2 rings (SSSR count). The van der Waals surface area contributed by atoms with Gasteiger partial charge in [-0.05, 0) is 38.1 Å². The third-order valence-electron chi connectivity index (χ3n) is 3.05. The molecular formula is C14H14ClNO3. The number of amides is 1. The lowest BCUT2D eigenvalue weighted by Crippen LogP contribution is -2.32. The van der Waals surface area contributed by atoms with E-state index < -0.39 is 5.91 Å². The minimum Gasteiger partial charge on any atom is -0.506 e. The molecule has 0 aromatic heterocycles. The molecule has 100 valence electrons. The van der Waals surface area contributed by atoms with Gasteiger partial charge in [-0.25, -0.2) is 0 Å². The minimum absolute atomic E-state index is 0.0173. The number of carbonyl (C=O) groups excluding carboxylic acids is 2. The first-order valence-electron chi connectivity index (χ1n) is 5.95. The summed E-state index contributed by atoms with van der Waals surface area (Å²) in [6.07, 6.45) is 0. The maximum atomic E-state index is 12.1. The second-order valence-electron chi connectivity index (χ2n) is 4.68. The topological polar surface area (TPSA) is 57.6 Å². The van der Waals surface area contributed by atoms with E-state index in [1.807, 2.05) is 13.8 Å². The molecule has 5 heteroatoms. The molecule has 0 saturated carbocycles. The summed E-state index contributed by atoms with van der Waals surface area (Å²) in [6.45, 7) is 3.67.